The lowest BCUT2D eigenvalue weighted by Gasteiger charge is -2.34. The van der Waals surface area contributed by atoms with Crippen LogP contribution in [0.3, 0.4) is 0 Å². The van der Waals surface area contributed by atoms with Crippen molar-refractivity contribution in [3.05, 3.63) is 46.8 Å². The number of nitrogens with zero attached hydrogens (tertiary/aromatic N) is 5. The normalized spacial score (nSPS) is 22.4. The molecule has 9 nitrogen and oxygen atoms in total. The average Bonchev–Trinajstić information content (AvgIpc) is 3.29. The van der Waals surface area contributed by atoms with Crippen LogP contribution < -0.4 is 5.32 Å². The second-order valence-corrected chi connectivity index (χ2v) is 9.93. The molecule has 4 heterocycles. The van der Waals surface area contributed by atoms with Gasteiger partial charge in [-0.3, -0.25) is 9.59 Å². The summed E-state index contributed by atoms with van der Waals surface area (Å²) in [7, 11) is 2.12. The van der Waals surface area contributed by atoms with E-state index < -0.39 is 0 Å². The molecule has 0 aliphatic carbocycles. The van der Waals surface area contributed by atoms with Crippen LogP contribution in [-0.4, -0.2) is 75.9 Å². The van der Waals surface area contributed by atoms with Gasteiger partial charge in [0.05, 0.1) is 18.8 Å². The largest absolute Gasteiger partial charge is 0.365 e. The van der Waals surface area contributed by atoms with Crippen molar-refractivity contribution in [2.24, 2.45) is 5.92 Å². The summed E-state index contributed by atoms with van der Waals surface area (Å²) in [5, 5.41) is 11.7. The Bertz CT molecular complexity index is 1020. The van der Waals surface area contributed by atoms with Crippen LogP contribution in [0.25, 0.3) is 0 Å². The smallest absolute Gasteiger partial charge is 0.276 e. The van der Waals surface area contributed by atoms with Crippen LogP contribution in [0.2, 0.25) is 0 Å². The zero-order chi connectivity index (χ0) is 23.7. The van der Waals surface area contributed by atoms with Gasteiger partial charge in [0.1, 0.15) is 6.10 Å². The number of hydrogen-bond donors (Lipinski definition) is 1. The van der Waals surface area contributed by atoms with E-state index in [1.54, 1.807) is 9.58 Å². The maximum absolute atomic E-state index is 13.2. The van der Waals surface area contributed by atoms with Crippen molar-refractivity contribution in [3.8, 4) is 0 Å². The van der Waals surface area contributed by atoms with Crippen LogP contribution in [0, 0.1) is 12.8 Å². The van der Waals surface area contributed by atoms with E-state index in [0.29, 0.717) is 44.8 Å². The second-order valence-electron chi connectivity index (χ2n) is 9.93. The molecule has 5 rings (SSSR count). The first-order chi connectivity index (χ1) is 16.5. The van der Waals surface area contributed by atoms with Crippen LogP contribution in [0.4, 0.5) is 0 Å². The summed E-state index contributed by atoms with van der Waals surface area (Å²) in [6, 6.07) is 8.56. The van der Waals surface area contributed by atoms with Crippen LogP contribution in [0.5, 0.6) is 0 Å². The number of piperidine rings is 2. The van der Waals surface area contributed by atoms with E-state index in [0.717, 1.165) is 37.2 Å². The van der Waals surface area contributed by atoms with Gasteiger partial charge in [-0.05, 0) is 58.3 Å². The lowest BCUT2D eigenvalue weighted by molar-refractivity contribution is -0.127. The molecule has 182 valence electrons. The first-order valence-corrected chi connectivity index (χ1v) is 12.4. The third-order valence-electron chi connectivity index (χ3n) is 7.47. The minimum absolute atomic E-state index is 0.0312. The van der Waals surface area contributed by atoms with E-state index >= 15 is 0 Å². The Morgan fingerprint density at radius 3 is 2.44 bits per heavy atom. The topological polar surface area (TPSA) is 92.6 Å². The molecule has 2 fully saturated rings. The van der Waals surface area contributed by atoms with Crippen molar-refractivity contribution < 1.29 is 14.3 Å². The Labute approximate surface area is 200 Å². The van der Waals surface area contributed by atoms with Gasteiger partial charge in [0, 0.05) is 25.0 Å². The molecule has 34 heavy (non-hydrogen) atoms. The number of rotatable bonds is 4. The molecule has 2 amide bonds. The van der Waals surface area contributed by atoms with Crippen molar-refractivity contribution in [3.63, 3.8) is 0 Å². The number of nitrogens with one attached hydrogen (secondary N) is 1. The van der Waals surface area contributed by atoms with Gasteiger partial charge in [0.15, 0.2) is 5.69 Å². The number of aromatic nitrogens is 3. The summed E-state index contributed by atoms with van der Waals surface area (Å²) in [6.07, 6.45) is 3.27. The summed E-state index contributed by atoms with van der Waals surface area (Å²) >= 11 is 0. The molecule has 0 bridgehead atoms. The van der Waals surface area contributed by atoms with Crippen LogP contribution >= 0.6 is 0 Å². The molecule has 3 aliphatic rings. The molecule has 9 heteroatoms. The fraction of sp³-hybridized carbons (Fsp3) is 0.600. The Kier molecular flexibility index (Phi) is 6.65. The summed E-state index contributed by atoms with van der Waals surface area (Å²) in [5.41, 5.74) is 3.41. The number of aryl methyl sites for hydroxylation is 1. The first-order valence-electron chi connectivity index (χ1n) is 12.4. The second kappa shape index (κ2) is 9.84. The number of benzene rings is 1. The van der Waals surface area contributed by atoms with Gasteiger partial charge < -0.3 is 19.9 Å². The number of fused-ring (bicyclic) bond motifs is 1. The standard InChI is InChI=1S/C25H34N6O3/c1-17-3-5-18(6-4-17)22-15-31-21(16-34-22)23(27-28-31)25(33)30-13-7-19(8-14-30)24(32)26-20-9-11-29(2)12-10-20/h3-6,19-20,22H,7-16H2,1-2H3,(H,26,32)/t22-/m0/s1. The molecule has 2 aromatic rings. The fourth-order valence-electron chi connectivity index (χ4n) is 5.13. The molecule has 1 aromatic carbocycles. The van der Waals surface area contributed by atoms with Crippen molar-refractivity contribution in [1.82, 2.24) is 30.1 Å². The van der Waals surface area contributed by atoms with Gasteiger partial charge in [0.2, 0.25) is 5.91 Å². The van der Waals surface area contributed by atoms with Gasteiger partial charge in [-0.15, -0.1) is 5.10 Å². The van der Waals surface area contributed by atoms with Gasteiger partial charge in [-0.2, -0.15) is 0 Å². The molecule has 1 aromatic heterocycles. The SMILES string of the molecule is Cc1ccc([C@@H]2Cn3nnc(C(=O)N4CCC(C(=O)NC5CCN(C)CC5)CC4)c3CO2)cc1. The van der Waals surface area contributed by atoms with Crippen molar-refractivity contribution in [1.29, 1.82) is 0 Å². The zero-order valence-corrected chi connectivity index (χ0v) is 20.1. The van der Waals surface area contributed by atoms with E-state index in [1.807, 2.05) is 0 Å². The quantitative estimate of drug-likeness (QED) is 0.740. The highest BCUT2D eigenvalue weighted by atomic mass is 16.5. The highest BCUT2D eigenvalue weighted by Gasteiger charge is 2.33. The molecule has 0 unspecified atom stereocenters. The number of ether oxygens (including phenoxy) is 1. The van der Waals surface area contributed by atoms with Crippen LogP contribution in [0.1, 0.15) is 59.1 Å². The summed E-state index contributed by atoms with van der Waals surface area (Å²) in [4.78, 5) is 30.0. The monoisotopic (exact) mass is 466 g/mol. The van der Waals surface area contributed by atoms with Crippen LogP contribution in [-0.2, 0) is 22.7 Å². The number of hydrogen-bond acceptors (Lipinski definition) is 6. The maximum Gasteiger partial charge on any atom is 0.276 e. The molecule has 3 aliphatic heterocycles. The highest BCUT2D eigenvalue weighted by Crippen LogP contribution is 2.28. The predicted molar refractivity (Wildman–Crippen MR) is 126 cm³/mol. The fourth-order valence-corrected chi connectivity index (χ4v) is 5.13. The van der Waals surface area contributed by atoms with E-state index in [2.05, 4.69) is 58.8 Å². The van der Waals surface area contributed by atoms with Gasteiger partial charge in [0.25, 0.3) is 5.91 Å². The summed E-state index contributed by atoms with van der Waals surface area (Å²) in [6.45, 7) is 6.07. The van der Waals surface area contributed by atoms with Crippen molar-refractivity contribution >= 4 is 11.8 Å². The average molecular weight is 467 g/mol. The Morgan fingerprint density at radius 1 is 1.03 bits per heavy atom. The van der Waals surface area contributed by atoms with E-state index in [1.165, 1.54) is 5.56 Å². The molecular formula is C25H34N6O3. The summed E-state index contributed by atoms with van der Waals surface area (Å²) in [5.74, 6) is -0.0117. The van der Waals surface area contributed by atoms with Crippen LogP contribution in [0.15, 0.2) is 24.3 Å². The van der Waals surface area contributed by atoms with Crippen molar-refractivity contribution in [2.75, 3.05) is 33.2 Å². The number of carbonyl (C=O) groups excluding carboxylic acids is 2. The zero-order valence-electron chi connectivity index (χ0n) is 20.1. The number of carbonyl (C=O) groups is 2. The summed E-state index contributed by atoms with van der Waals surface area (Å²) < 4.78 is 7.86. The maximum atomic E-state index is 13.2. The lowest BCUT2D eigenvalue weighted by Crippen LogP contribution is -2.48. The van der Waals surface area contributed by atoms with Gasteiger partial charge in [-0.1, -0.05) is 35.0 Å². The minimum Gasteiger partial charge on any atom is -0.365 e. The third kappa shape index (κ3) is 4.86. The molecule has 1 N–H and O–H groups in total. The molecule has 0 radical (unpaired) electrons. The predicted octanol–water partition coefficient (Wildman–Crippen LogP) is 1.92. The van der Waals surface area contributed by atoms with Gasteiger partial charge in [-0.25, -0.2) is 4.68 Å². The van der Waals surface area contributed by atoms with Crippen molar-refractivity contribution in [2.45, 2.75) is 57.9 Å². The molecule has 0 spiro atoms. The molecule has 2 saturated heterocycles. The van der Waals surface area contributed by atoms with Gasteiger partial charge >= 0.3 is 0 Å². The molecule has 1 atom stereocenters. The van der Waals surface area contributed by atoms with E-state index in [9.17, 15) is 9.59 Å². The third-order valence-corrected chi connectivity index (χ3v) is 7.47. The Morgan fingerprint density at radius 2 is 1.74 bits per heavy atom. The van der Waals surface area contributed by atoms with E-state index in [4.69, 9.17) is 4.74 Å². The molecule has 0 saturated carbocycles. The number of likely N-dealkylation sites (tertiary alicyclic amines) is 2. The van der Waals surface area contributed by atoms with E-state index in [-0.39, 0.29) is 29.9 Å². The highest BCUT2D eigenvalue weighted by molar-refractivity contribution is 5.93. The Balaban J connectivity index is 1.15. The Hall–Kier alpha value is -2.78. The number of amides is 2. The lowest BCUT2D eigenvalue weighted by atomic mass is 9.94. The molecular weight excluding hydrogens is 432 g/mol. The first kappa shape index (κ1) is 23.0. The minimum atomic E-state index is -0.118.